The number of rotatable bonds is 19. The van der Waals surface area contributed by atoms with E-state index in [1.807, 2.05) is 27.5 Å². The van der Waals surface area contributed by atoms with Gasteiger partial charge in [-0.25, -0.2) is 0 Å². The van der Waals surface area contributed by atoms with Crippen LogP contribution in [0.3, 0.4) is 0 Å². The van der Waals surface area contributed by atoms with Gasteiger partial charge in [0, 0.05) is 67.1 Å². The molecular formula is C37H49Cl3N6O4. The minimum Gasteiger partial charge on any atom is -0.495 e. The van der Waals surface area contributed by atoms with Crippen molar-refractivity contribution in [3.63, 3.8) is 0 Å². The van der Waals surface area contributed by atoms with Crippen LogP contribution in [0.2, 0.25) is 10.0 Å². The van der Waals surface area contributed by atoms with Gasteiger partial charge in [-0.2, -0.15) is 0 Å². The van der Waals surface area contributed by atoms with Crippen LogP contribution in [-0.4, -0.2) is 61.8 Å². The number of allylic oxidation sites excluding steroid dienone is 2. The fourth-order valence-corrected chi connectivity index (χ4v) is 7.39. The second-order valence-electron chi connectivity index (χ2n) is 12.2. The third kappa shape index (κ3) is 8.49. The third-order valence-electron chi connectivity index (χ3n) is 9.34. The highest BCUT2D eigenvalue weighted by Gasteiger charge is 2.28. The van der Waals surface area contributed by atoms with Crippen LogP contribution >= 0.6 is 34.8 Å². The molecule has 4 rings (SSSR count). The van der Waals surface area contributed by atoms with Crippen molar-refractivity contribution in [1.82, 2.24) is 25.0 Å². The molecule has 1 aromatic carbocycles. The van der Waals surface area contributed by atoms with Crippen LogP contribution in [0.5, 0.6) is 11.5 Å². The standard InChI is InChI=1S/C37H49Cl3N6O4/c1-7-26(43-23-37(9-3,12-13-38)11-10-14-41)28(44-33(47)8-2)17-25(22-48-4)27-19-29-24(21-42-27)18-30(46-16-15-45(29)46)34-35(39)31(49-5)20-32(50-6)36(34)40/h8,15-20,42-43H,2,7,9-14,21-23,41H2,1,3-6H3,(H,44,47)/b25-17+,28-26-. The predicted octanol–water partition coefficient (Wildman–Crippen LogP) is 7.32. The number of carbonyl (C=O) groups is 1. The monoisotopic (exact) mass is 746 g/mol. The van der Waals surface area contributed by atoms with Crippen LogP contribution in [0.4, 0.5) is 0 Å². The molecule has 1 aliphatic rings. The SMILES string of the molecule is C=CC(=O)NC(/C=C(\COC)C1=Cc2c(cc(-c3c(Cl)c(OC)cc(OC)c3Cl)n3ccn23)CN1)=C(/CC)NCC(CC)(CCCl)CCCN. The summed E-state index contributed by atoms with van der Waals surface area (Å²) in [5, 5.41) is 11.1. The Morgan fingerprint density at radius 2 is 1.80 bits per heavy atom. The summed E-state index contributed by atoms with van der Waals surface area (Å²) in [6, 6.07) is 3.73. The Kier molecular flexibility index (Phi) is 14.2. The molecule has 3 heterocycles. The van der Waals surface area contributed by atoms with Crippen LogP contribution in [0.15, 0.2) is 65.9 Å². The van der Waals surface area contributed by atoms with E-state index in [4.69, 9.17) is 54.7 Å². The molecule has 50 heavy (non-hydrogen) atoms. The van der Waals surface area contributed by atoms with Crippen molar-refractivity contribution in [3.05, 3.63) is 87.2 Å². The third-order valence-corrected chi connectivity index (χ3v) is 10.3. The number of ether oxygens (including phenoxy) is 3. The summed E-state index contributed by atoms with van der Waals surface area (Å²) in [7, 11) is 4.76. The second-order valence-corrected chi connectivity index (χ2v) is 13.3. The van der Waals surface area contributed by atoms with Crippen molar-refractivity contribution in [1.29, 1.82) is 0 Å². The zero-order chi connectivity index (χ0) is 36.4. The number of fused-ring (bicyclic) bond motifs is 3. The number of nitrogens with zero attached hydrogens (tertiary/aromatic N) is 2. The van der Waals surface area contributed by atoms with E-state index >= 15 is 0 Å². The van der Waals surface area contributed by atoms with Crippen molar-refractivity contribution in [2.24, 2.45) is 11.1 Å². The number of aromatic nitrogens is 2. The molecule has 2 aromatic heterocycles. The average Bonchev–Trinajstić information content (AvgIpc) is 3.10. The first-order chi connectivity index (χ1) is 24.1. The van der Waals surface area contributed by atoms with Crippen LogP contribution in [0.1, 0.15) is 57.2 Å². The minimum absolute atomic E-state index is 0.0149. The van der Waals surface area contributed by atoms with Gasteiger partial charge in [0.25, 0.3) is 0 Å². The molecule has 0 fully saturated rings. The molecular weight excluding hydrogens is 699 g/mol. The van der Waals surface area contributed by atoms with Gasteiger partial charge in [0.05, 0.1) is 48.0 Å². The molecule has 0 spiro atoms. The fourth-order valence-electron chi connectivity index (χ4n) is 6.30. The van der Waals surface area contributed by atoms with E-state index in [-0.39, 0.29) is 11.3 Å². The lowest BCUT2D eigenvalue weighted by atomic mass is 9.78. The largest absolute Gasteiger partial charge is 0.495 e. The van der Waals surface area contributed by atoms with Crippen molar-refractivity contribution >= 4 is 46.8 Å². The molecule has 10 nitrogen and oxygen atoms in total. The number of alkyl halides is 1. The number of amides is 1. The van der Waals surface area contributed by atoms with Crippen molar-refractivity contribution in [2.45, 2.75) is 52.5 Å². The lowest BCUT2D eigenvalue weighted by molar-refractivity contribution is -0.115. The zero-order valence-electron chi connectivity index (χ0n) is 29.6. The molecule has 0 saturated heterocycles. The van der Waals surface area contributed by atoms with Gasteiger partial charge >= 0.3 is 0 Å². The van der Waals surface area contributed by atoms with E-state index in [2.05, 4.69) is 48.5 Å². The first-order valence-electron chi connectivity index (χ1n) is 16.8. The molecule has 0 bridgehead atoms. The van der Waals surface area contributed by atoms with Crippen LogP contribution in [0.25, 0.3) is 17.3 Å². The minimum atomic E-state index is -0.306. The Morgan fingerprint density at radius 3 is 2.34 bits per heavy atom. The molecule has 3 aromatic rings. The average molecular weight is 748 g/mol. The molecule has 1 amide bonds. The molecule has 13 heteroatoms. The topological polar surface area (TPSA) is 116 Å². The summed E-state index contributed by atoms with van der Waals surface area (Å²) in [4.78, 5) is 12.7. The van der Waals surface area contributed by atoms with E-state index in [0.717, 1.165) is 59.6 Å². The van der Waals surface area contributed by atoms with Crippen molar-refractivity contribution in [2.75, 3.05) is 46.9 Å². The number of nitrogens with one attached hydrogen (secondary N) is 3. The number of hydrogen-bond acceptors (Lipinski definition) is 7. The maximum absolute atomic E-state index is 12.7. The number of carbonyl (C=O) groups excluding carboxylic acids is 1. The summed E-state index contributed by atoms with van der Waals surface area (Å²) < 4.78 is 20.7. The first kappa shape index (κ1) is 39.2. The second kappa shape index (κ2) is 18.1. The Bertz CT molecular complexity index is 1750. The molecule has 272 valence electrons. The highest BCUT2D eigenvalue weighted by Crippen LogP contribution is 2.46. The summed E-state index contributed by atoms with van der Waals surface area (Å²) in [5.41, 5.74) is 12.5. The Labute approximate surface area is 310 Å². The summed E-state index contributed by atoms with van der Waals surface area (Å²) >= 11 is 19.9. The summed E-state index contributed by atoms with van der Waals surface area (Å²) in [5.74, 6) is 1.18. The highest BCUT2D eigenvalue weighted by molar-refractivity contribution is 6.41. The fraction of sp³-hybridized carbons (Fsp3) is 0.432. The van der Waals surface area contributed by atoms with Crippen LogP contribution < -0.4 is 31.2 Å². The van der Waals surface area contributed by atoms with Gasteiger partial charge in [-0.15, -0.1) is 11.6 Å². The summed E-state index contributed by atoms with van der Waals surface area (Å²) in [6.45, 7) is 10.1. The number of methoxy groups -OCH3 is 3. The van der Waals surface area contributed by atoms with E-state index in [0.29, 0.717) is 71.3 Å². The first-order valence-corrected chi connectivity index (χ1v) is 18.1. The zero-order valence-corrected chi connectivity index (χ0v) is 31.8. The van der Waals surface area contributed by atoms with Gasteiger partial charge in [-0.1, -0.05) is 43.6 Å². The van der Waals surface area contributed by atoms with Gasteiger partial charge in [-0.3, -0.25) is 13.8 Å². The molecule has 1 atom stereocenters. The number of benzene rings is 1. The van der Waals surface area contributed by atoms with Crippen molar-refractivity contribution < 1.29 is 19.0 Å². The lowest BCUT2D eigenvalue weighted by Crippen LogP contribution is -2.36. The quantitative estimate of drug-likeness (QED) is 0.0577. The van der Waals surface area contributed by atoms with Crippen LogP contribution in [0, 0.1) is 5.41 Å². The van der Waals surface area contributed by atoms with Crippen LogP contribution in [-0.2, 0) is 16.1 Å². The summed E-state index contributed by atoms with van der Waals surface area (Å²) in [6.07, 6.45) is 13.6. The van der Waals surface area contributed by atoms with Gasteiger partial charge in [0.2, 0.25) is 5.91 Å². The molecule has 1 aliphatic heterocycles. The highest BCUT2D eigenvalue weighted by atomic mass is 35.5. The maximum Gasteiger partial charge on any atom is 0.247 e. The number of hydrogen-bond donors (Lipinski definition) is 4. The maximum atomic E-state index is 12.7. The lowest BCUT2D eigenvalue weighted by Gasteiger charge is -2.34. The Balaban J connectivity index is 1.80. The van der Waals surface area contributed by atoms with Gasteiger partial charge in [-0.05, 0) is 73.9 Å². The van der Waals surface area contributed by atoms with E-state index in [9.17, 15) is 4.79 Å². The van der Waals surface area contributed by atoms with Gasteiger partial charge < -0.3 is 35.9 Å². The number of halogens is 3. The van der Waals surface area contributed by atoms with E-state index in [1.165, 1.54) is 6.08 Å². The Hall–Kier alpha value is -3.54. The number of nitrogens with two attached hydrogens (primary N) is 1. The molecule has 0 radical (unpaired) electrons. The normalized spacial score (nSPS) is 14.7. The van der Waals surface area contributed by atoms with Gasteiger partial charge in [0.1, 0.15) is 11.5 Å². The molecule has 0 aliphatic carbocycles. The van der Waals surface area contributed by atoms with Gasteiger partial charge in [0.15, 0.2) is 0 Å². The van der Waals surface area contributed by atoms with E-state index < -0.39 is 0 Å². The van der Waals surface area contributed by atoms with Crippen molar-refractivity contribution in [3.8, 4) is 22.8 Å². The Morgan fingerprint density at radius 1 is 1.10 bits per heavy atom. The molecule has 5 N–H and O–H groups in total. The predicted molar refractivity (Wildman–Crippen MR) is 204 cm³/mol. The van der Waals surface area contributed by atoms with E-state index in [1.54, 1.807) is 27.4 Å². The molecule has 0 saturated carbocycles. The molecule has 1 unspecified atom stereocenters. The smallest absolute Gasteiger partial charge is 0.247 e.